The Morgan fingerprint density at radius 3 is 2.64 bits per heavy atom. The zero-order valence-corrected chi connectivity index (χ0v) is 9.86. The van der Waals surface area contributed by atoms with Crippen LogP contribution >= 0.6 is 22.7 Å². The van der Waals surface area contributed by atoms with Gasteiger partial charge in [0.25, 0.3) is 0 Å². The largest absolute Gasteiger partial charge is 0.315 e. The first-order chi connectivity index (χ1) is 6.83. The predicted molar refractivity (Wildman–Crippen MR) is 61.7 cm³/mol. The summed E-state index contributed by atoms with van der Waals surface area (Å²) in [7, 11) is 1.93. The van der Waals surface area contributed by atoms with Gasteiger partial charge in [0.2, 0.25) is 0 Å². The van der Waals surface area contributed by atoms with Crippen LogP contribution in [0.15, 0.2) is 23.3 Å². The van der Waals surface area contributed by atoms with Crippen LogP contribution in [0.25, 0.3) is 0 Å². The monoisotopic (exact) mass is 227 g/mol. The van der Waals surface area contributed by atoms with Crippen LogP contribution in [0.3, 0.4) is 0 Å². The van der Waals surface area contributed by atoms with Crippen molar-refractivity contribution >= 4 is 22.7 Å². The van der Waals surface area contributed by atoms with Crippen molar-refractivity contribution in [2.75, 3.05) is 7.05 Å². The molecule has 0 spiro atoms. The van der Waals surface area contributed by atoms with Crippen molar-refractivity contribution < 1.29 is 0 Å². The summed E-state index contributed by atoms with van der Waals surface area (Å²) in [6.45, 7) is 2.93. The number of nitrogens with one attached hydrogen (secondary N) is 1. The number of thiazole rings is 2. The van der Waals surface area contributed by atoms with E-state index in [-0.39, 0.29) is 0 Å². The van der Waals surface area contributed by atoms with E-state index in [4.69, 9.17) is 0 Å². The van der Waals surface area contributed by atoms with E-state index in [0.717, 1.165) is 11.6 Å². The molecule has 0 bridgehead atoms. The summed E-state index contributed by atoms with van der Waals surface area (Å²) in [5, 5.41) is 6.14. The maximum atomic E-state index is 3.94. The molecule has 2 aromatic heterocycles. The standard InChI is InChI=1S/C5H8N2S.C4H5NS/c1-6-2-5-3-7-4-8-5;1-4-5-2-3-6-4/h3-4,6H,2H2,1H3;2-3H,1H3. The molecule has 14 heavy (non-hydrogen) atoms. The lowest BCUT2D eigenvalue weighted by Crippen LogP contribution is -2.02. The number of aryl methyl sites for hydroxylation is 1. The fraction of sp³-hybridized carbons (Fsp3) is 0.333. The van der Waals surface area contributed by atoms with Crippen LogP contribution in [-0.4, -0.2) is 17.0 Å². The topological polar surface area (TPSA) is 37.8 Å². The van der Waals surface area contributed by atoms with Crippen LogP contribution < -0.4 is 5.32 Å². The molecule has 0 aromatic carbocycles. The summed E-state index contributed by atoms with van der Waals surface area (Å²) in [4.78, 5) is 9.14. The van der Waals surface area contributed by atoms with Gasteiger partial charge in [-0.05, 0) is 14.0 Å². The number of aromatic nitrogens is 2. The van der Waals surface area contributed by atoms with Gasteiger partial charge in [0.05, 0.1) is 10.5 Å². The third-order valence-corrected chi connectivity index (χ3v) is 2.87. The Hall–Kier alpha value is -0.780. The Balaban J connectivity index is 0.000000146. The summed E-state index contributed by atoms with van der Waals surface area (Å²) in [6, 6.07) is 0. The highest BCUT2D eigenvalue weighted by Crippen LogP contribution is 2.02. The first-order valence-corrected chi connectivity index (χ1v) is 5.97. The van der Waals surface area contributed by atoms with Crippen LogP contribution in [0.1, 0.15) is 9.88 Å². The van der Waals surface area contributed by atoms with Gasteiger partial charge in [-0.2, -0.15) is 0 Å². The molecule has 2 aromatic rings. The quantitative estimate of drug-likeness (QED) is 0.855. The molecule has 0 aliphatic rings. The SMILES string of the molecule is CNCc1cncs1.Cc1nccs1. The number of hydrogen-bond acceptors (Lipinski definition) is 5. The van der Waals surface area contributed by atoms with Gasteiger partial charge in [0.15, 0.2) is 0 Å². The summed E-state index contributed by atoms with van der Waals surface area (Å²) >= 11 is 3.34. The molecule has 0 atom stereocenters. The van der Waals surface area contributed by atoms with Gasteiger partial charge in [-0.3, -0.25) is 9.97 Å². The van der Waals surface area contributed by atoms with E-state index >= 15 is 0 Å². The Bertz CT molecular complexity index is 316. The summed E-state index contributed by atoms with van der Waals surface area (Å²) in [6.07, 6.45) is 3.68. The highest BCUT2D eigenvalue weighted by molar-refractivity contribution is 7.09. The third kappa shape index (κ3) is 4.45. The zero-order chi connectivity index (χ0) is 10.2. The average molecular weight is 227 g/mol. The lowest BCUT2D eigenvalue weighted by Gasteiger charge is -1.88. The second-order valence-electron chi connectivity index (χ2n) is 2.55. The van der Waals surface area contributed by atoms with Crippen molar-refractivity contribution in [1.29, 1.82) is 0 Å². The highest BCUT2D eigenvalue weighted by Gasteiger charge is 1.87. The van der Waals surface area contributed by atoms with Gasteiger partial charge in [0, 0.05) is 29.2 Å². The van der Waals surface area contributed by atoms with E-state index in [1.165, 1.54) is 4.88 Å². The molecule has 0 amide bonds. The maximum Gasteiger partial charge on any atom is 0.0893 e. The van der Waals surface area contributed by atoms with Crippen LogP contribution in [0, 0.1) is 6.92 Å². The van der Waals surface area contributed by atoms with Crippen molar-refractivity contribution in [3.05, 3.63) is 33.2 Å². The average Bonchev–Trinajstić information content (AvgIpc) is 2.79. The van der Waals surface area contributed by atoms with E-state index in [1.54, 1.807) is 28.9 Å². The van der Waals surface area contributed by atoms with Crippen molar-refractivity contribution in [3.63, 3.8) is 0 Å². The molecule has 3 nitrogen and oxygen atoms in total. The second-order valence-corrected chi connectivity index (χ2v) is 4.62. The molecule has 0 aliphatic heterocycles. The molecule has 76 valence electrons. The number of nitrogens with zero attached hydrogens (tertiary/aromatic N) is 2. The summed E-state index contributed by atoms with van der Waals surface area (Å²) in [5.41, 5.74) is 1.84. The fourth-order valence-corrected chi connectivity index (χ4v) is 1.85. The lowest BCUT2D eigenvalue weighted by molar-refractivity contribution is 0.829. The van der Waals surface area contributed by atoms with Gasteiger partial charge < -0.3 is 5.32 Å². The number of hydrogen-bond donors (Lipinski definition) is 1. The molecule has 0 saturated carbocycles. The van der Waals surface area contributed by atoms with E-state index in [0.29, 0.717) is 0 Å². The Labute approximate surface area is 91.9 Å². The predicted octanol–water partition coefficient (Wildman–Crippen LogP) is 2.31. The molecule has 2 rings (SSSR count). The van der Waals surface area contributed by atoms with E-state index in [9.17, 15) is 0 Å². The molecule has 1 N–H and O–H groups in total. The van der Waals surface area contributed by atoms with E-state index in [1.807, 2.05) is 31.1 Å². The van der Waals surface area contributed by atoms with E-state index < -0.39 is 0 Å². The minimum atomic E-state index is 0.935. The maximum absolute atomic E-state index is 3.94. The normalized spacial score (nSPS) is 9.29. The molecule has 0 fully saturated rings. The molecular formula is C9H13N3S2. The first kappa shape index (κ1) is 11.3. The van der Waals surface area contributed by atoms with Gasteiger partial charge in [-0.25, -0.2) is 0 Å². The molecule has 0 saturated heterocycles. The Morgan fingerprint density at radius 2 is 2.29 bits per heavy atom. The molecule has 0 aliphatic carbocycles. The summed E-state index contributed by atoms with van der Waals surface area (Å²) in [5.74, 6) is 0. The second kappa shape index (κ2) is 6.64. The summed E-state index contributed by atoms with van der Waals surface area (Å²) < 4.78 is 0. The van der Waals surface area contributed by atoms with Gasteiger partial charge >= 0.3 is 0 Å². The minimum Gasteiger partial charge on any atom is -0.315 e. The third-order valence-electron chi connectivity index (χ3n) is 1.39. The van der Waals surface area contributed by atoms with Crippen LogP contribution in [0.5, 0.6) is 0 Å². The lowest BCUT2D eigenvalue weighted by atomic mass is 10.5. The molecule has 5 heteroatoms. The minimum absolute atomic E-state index is 0.935. The van der Waals surface area contributed by atoms with Crippen LogP contribution in [0.2, 0.25) is 0 Å². The van der Waals surface area contributed by atoms with Gasteiger partial charge in [-0.1, -0.05) is 0 Å². The number of rotatable bonds is 2. The van der Waals surface area contributed by atoms with Crippen molar-refractivity contribution in [2.24, 2.45) is 0 Å². The highest BCUT2D eigenvalue weighted by atomic mass is 32.1. The molecular weight excluding hydrogens is 214 g/mol. The van der Waals surface area contributed by atoms with E-state index in [2.05, 4.69) is 15.3 Å². The van der Waals surface area contributed by atoms with Gasteiger partial charge in [-0.15, -0.1) is 22.7 Å². The molecule has 0 unspecified atom stereocenters. The smallest absolute Gasteiger partial charge is 0.0893 e. The Kier molecular flexibility index (Phi) is 5.36. The molecule has 0 radical (unpaired) electrons. The molecule has 2 heterocycles. The van der Waals surface area contributed by atoms with Gasteiger partial charge in [0.1, 0.15) is 0 Å². The zero-order valence-electron chi connectivity index (χ0n) is 8.23. The van der Waals surface area contributed by atoms with Crippen molar-refractivity contribution in [1.82, 2.24) is 15.3 Å². The van der Waals surface area contributed by atoms with Crippen molar-refractivity contribution in [2.45, 2.75) is 13.5 Å². The van der Waals surface area contributed by atoms with Crippen LogP contribution in [-0.2, 0) is 6.54 Å². The fourth-order valence-electron chi connectivity index (χ4n) is 0.798. The Morgan fingerprint density at radius 1 is 1.43 bits per heavy atom. The first-order valence-electron chi connectivity index (χ1n) is 4.21. The van der Waals surface area contributed by atoms with Crippen molar-refractivity contribution in [3.8, 4) is 0 Å². The van der Waals surface area contributed by atoms with Crippen LogP contribution in [0.4, 0.5) is 0 Å².